The summed E-state index contributed by atoms with van der Waals surface area (Å²) < 4.78 is 0. The number of rotatable bonds is 0. The van der Waals surface area contributed by atoms with E-state index >= 15 is 0 Å². The van der Waals surface area contributed by atoms with Gasteiger partial charge in [-0.3, -0.25) is 0 Å². The summed E-state index contributed by atoms with van der Waals surface area (Å²) in [7, 11) is 0. The first kappa shape index (κ1) is 28.1. The van der Waals surface area contributed by atoms with Gasteiger partial charge in [-0.15, -0.1) is 48.4 Å². The fourth-order valence-corrected chi connectivity index (χ4v) is 3.93. The van der Waals surface area contributed by atoms with E-state index < -0.39 is 0 Å². The van der Waals surface area contributed by atoms with E-state index in [1.54, 1.807) is 11.1 Å². The minimum absolute atomic E-state index is 0. The summed E-state index contributed by atoms with van der Waals surface area (Å²) in [4.78, 5) is 0. The molecule has 0 heterocycles. The van der Waals surface area contributed by atoms with Crippen LogP contribution >= 0.6 is 0 Å². The molecule has 0 nitrogen and oxygen atoms in total. The maximum atomic E-state index is 3.72. The molecule has 0 saturated heterocycles. The monoisotopic (exact) mass is 490 g/mol. The molecule has 0 saturated carbocycles. The van der Waals surface area contributed by atoms with Crippen molar-refractivity contribution in [1.29, 1.82) is 0 Å². The van der Waals surface area contributed by atoms with Crippen molar-refractivity contribution in [2.45, 2.75) is 25.7 Å². The quantitative estimate of drug-likeness (QED) is 0.170. The van der Waals surface area contributed by atoms with Crippen molar-refractivity contribution in [2.75, 3.05) is 0 Å². The van der Waals surface area contributed by atoms with Gasteiger partial charge in [0.2, 0.25) is 0 Å². The SMILES string of the molecule is [CH2-]c1ccccc1.[CH2-]c1ccccc1.[CH2-]c1ccccc1.[Ti+4].c1ccc2c(c1)CC1=C2CCC[CH-]1. The van der Waals surface area contributed by atoms with E-state index in [0.29, 0.717) is 0 Å². The van der Waals surface area contributed by atoms with Crippen LogP contribution in [0.2, 0.25) is 0 Å². The molecule has 0 N–H and O–H groups in total. The van der Waals surface area contributed by atoms with Crippen LogP contribution in [0.4, 0.5) is 0 Å². The van der Waals surface area contributed by atoms with E-state index in [1.807, 2.05) is 91.0 Å². The molecule has 0 aromatic heterocycles. The second kappa shape index (κ2) is 15.7. The van der Waals surface area contributed by atoms with Gasteiger partial charge in [0, 0.05) is 0 Å². The number of fused-ring (bicyclic) bond motifs is 2. The molecule has 4 aromatic carbocycles. The van der Waals surface area contributed by atoms with Gasteiger partial charge in [-0.2, -0.15) is 79.4 Å². The van der Waals surface area contributed by atoms with Crippen LogP contribution in [0.3, 0.4) is 0 Å². The Kier molecular flexibility index (Phi) is 12.6. The smallest absolute Gasteiger partial charge is 0.226 e. The van der Waals surface area contributed by atoms with Gasteiger partial charge in [-0.1, -0.05) is 60.9 Å². The Morgan fingerprint density at radius 3 is 1.40 bits per heavy atom. The van der Waals surface area contributed by atoms with E-state index in [-0.39, 0.29) is 21.7 Å². The van der Waals surface area contributed by atoms with Crippen LogP contribution < -0.4 is 0 Å². The molecule has 0 radical (unpaired) electrons. The third kappa shape index (κ3) is 9.91. The summed E-state index contributed by atoms with van der Waals surface area (Å²) in [5.41, 5.74) is 9.50. The van der Waals surface area contributed by atoms with E-state index in [2.05, 4.69) is 51.5 Å². The molecule has 0 atom stereocenters. The third-order valence-electron chi connectivity index (χ3n) is 5.66. The van der Waals surface area contributed by atoms with Crippen LogP contribution in [-0.4, -0.2) is 0 Å². The first-order valence-electron chi connectivity index (χ1n) is 11.9. The molecule has 6 rings (SSSR count). The summed E-state index contributed by atoms with van der Waals surface area (Å²) >= 11 is 0. The molecule has 0 spiro atoms. The van der Waals surface area contributed by atoms with E-state index in [4.69, 9.17) is 0 Å². The van der Waals surface area contributed by atoms with Gasteiger partial charge in [-0.05, 0) is 6.42 Å². The van der Waals surface area contributed by atoms with E-state index in [9.17, 15) is 0 Å². The minimum Gasteiger partial charge on any atom is -0.226 e. The largest absolute Gasteiger partial charge is 4.00 e. The third-order valence-corrected chi connectivity index (χ3v) is 5.66. The Hall–Kier alpha value is -3.19. The van der Waals surface area contributed by atoms with Crippen LogP contribution in [0.25, 0.3) is 5.57 Å². The molecule has 0 fully saturated rings. The molecular weight excluding hydrogens is 456 g/mol. The maximum Gasteiger partial charge on any atom is 4.00 e. The summed E-state index contributed by atoms with van der Waals surface area (Å²) in [5.74, 6) is 0. The minimum atomic E-state index is 0. The first-order chi connectivity index (χ1) is 16.6. The second-order valence-corrected chi connectivity index (χ2v) is 8.39. The predicted octanol–water partition coefficient (Wildman–Crippen LogP) is 8.99. The van der Waals surface area contributed by atoms with Crippen molar-refractivity contribution < 1.29 is 21.7 Å². The van der Waals surface area contributed by atoms with Crippen molar-refractivity contribution >= 4 is 5.57 Å². The second-order valence-electron chi connectivity index (χ2n) is 8.39. The van der Waals surface area contributed by atoms with E-state index in [1.165, 1.54) is 36.8 Å². The maximum absolute atomic E-state index is 3.72. The Balaban J connectivity index is 0.000000172. The van der Waals surface area contributed by atoms with Gasteiger partial charge in [0.25, 0.3) is 0 Å². The molecule has 2 aliphatic rings. The van der Waals surface area contributed by atoms with Crippen molar-refractivity contribution in [1.82, 2.24) is 0 Å². The molecule has 4 aromatic rings. The molecule has 0 amide bonds. The van der Waals surface area contributed by atoms with Crippen molar-refractivity contribution in [3.05, 3.63) is 176 Å². The van der Waals surface area contributed by atoms with Crippen LogP contribution in [0, 0.1) is 27.2 Å². The first-order valence-corrected chi connectivity index (χ1v) is 11.9. The Morgan fingerprint density at radius 2 is 0.971 bits per heavy atom. The van der Waals surface area contributed by atoms with Gasteiger partial charge in [0.1, 0.15) is 0 Å². The molecule has 0 aliphatic heterocycles. The Bertz CT molecular complexity index is 1040. The standard InChI is InChI=1S/C13H13.3C7H7.Ti/c1-3-7-12-10(5-1)9-11-6-2-4-8-13(11)12;3*1-7-5-3-2-4-6-7;/h1,3,5-7H,2,4,8-9H2;3*2-6H,1H2;/q4*-1;+4. The number of hydrogen-bond acceptors (Lipinski definition) is 0. The van der Waals surface area contributed by atoms with Crippen molar-refractivity contribution in [3.8, 4) is 0 Å². The van der Waals surface area contributed by atoms with Gasteiger partial charge in [0.05, 0.1) is 0 Å². The zero-order valence-electron chi connectivity index (χ0n) is 20.5. The Labute approximate surface area is 228 Å². The topological polar surface area (TPSA) is 0 Å². The predicted molar refractivity (Wildman–Crippen MR) is 148 cm³/mol. The zero-order valence-corrected chi connectivity index (χ0v) is 22.1. The van der Waals surface area contributed by atoms with Crippen LogP contribution in [0.15, 0.2) is 121 Å². The van der Waals surface area contributed by atoms with Gasteiger partial charge < -0.3 is 0 Å². The van der Waals surface area contributed by atoms with Crippen LogP contribution in [-0.2, 0) is 28.1 Å². The number of allylic oxidation sites excluding steroid dienone is 2. The summed E-state index contributed by atoms with van der Waals surface area (Å²) in [6, 6.07) is 38.5. The molecule has 35 heavy (non-hydrogen) atoms. The summed E-state index contributed by atoms with van der Waals surface area (Å²) in [6.45, 7) is 11.2. The number of benzene rings is 4. The van der Waals surface area contributed by atoms with Crippen molar-refractivity contribution in [2.24, 2.45) is 0 Å². The summed E-state index contributed by atoms with van der Waals surface area (Å²) in [6.07, 6.45) is 7.53. The zero-order chi connectivity index (χ0) is 24.0. The van der Waals surface area contributed by atoms with E-state index in [0.717, 1.165) is 16.7 Å². The van der Waals surface area contributed by atoms with Crippen LogP contribution in [0.1, 0.15) is 47.1 Å². The molecule has 1 heteroatoms. The molecular formula is C34H34Ti. The molecule has 2 aliphatic carbocycles. The van der Waals surface area contributed by atoms with Gasteiger partial charge >= 0.3 is 21.7 Å². The normalized spacial score (nSPS) is 12.3. The van der Waals surface area contributed by atoms with Gasteiger partial charge in [0.15, 0.2) is 0 Å². The average molecular weight is 491 g/mol. The molecule has 0 bridgehead atoms. The van der Waals surface area contributed by atoms with Crippen LogP contribution in [0.5, 0.6) is 0 Å². The van der Waals surface area contributed by atoms with Crippen molar-refractivity contribution in [3.63, 3.8) is 0 Å². The molecule has 174 valence electrons. The fraction of sp³-hybridized carbons (Fsp3) is 0.118. The summed E-state index contributed by atoms with van der Waals surface area (Å²) in [5, 5.41) is 0. The number of hydrogen-bond donors (Lipinski definition) is 0. The average Bonchev–Trinajstić information content (AvgIpc) is 3.26. The van der Waals surface area contributed by atoms with Gasteiger partial charge in [-0.25, -0.2) is 12.0 Å². The molecule has 0 unspecified atom stereocenters. The Morgan fingerprint density at radius 1 is 0.543 bits per heavy atom. The fourth-order valence-electron chi connectivity index (χ4n) is 3.93.